The largest absolute Gasteiger partial charge is 0.337 e. The van der Waals surface area contributed by atoms with E-state index < -0.39 is 0 Å². The van der Waals surface area contributed by atoms with Gasteiger partial charge in [-0.1, -0.05) is 26.7 Å². The molecule has 0 aromatic carbocycles. The fourth-order valence-corrected chi connectivity index (χ4v) is 1.81. The molecule has 0 radical (unpaired) electrons. The molecule has 0 saturated heterocycles. The number of aromatic nitrogens is 2. The van der Waals surface area contributed by atoms with Crippen LogP contribution in [0.1, 0.15) is 45.5 Å². The Kier molecular flexibility index (Phi) is 4.82. The topological polar surface area (TPSA) is 29.9 Å². The molecule has 1 rings (SSSR count). The van der Waals surface area contributed by atoms with Crippen LogP contribution in [-0.4, -0.2) is 16.1 Å². The number of rotatable bonds is 6. The van der Waals surface area contributed by atoms with Crippen molar-refractivity contribution in [1.82, 2.24) is 14.9 Å². The molecular weight excluding hydrogens is 186 g/mol. The molecule has 15 heavy (non-hydrogen) atoms. The van der Waals surface area contributed by atoms with E-state index in [1.807, 2.05) is 19.4 Å². The summed E-state index contributed by atoms with van der Waals surface area (Å²) in [5, 5.41) is 3.54. The van der Waals surface area contributed by atoms with Crippen LogP contribution >= 0.6 is 0 Å². The van der Waals surface area contributed by atoms with Gasteiger partial charge in [-0.3, -0.25) is 0 Å². The zero-order valence-electron chi connectivity index (χ0n) is 10.3. The van der Waals surface area contributed by atoms with Crippen molar-refractivity contribution in [3.8, 4) is 0 Å². The van der Waals surface area contributed by atoms with E-state index in [9.17, 15) is 0 Å². The monoisotopic (exact) mass is 209 g/mol. The molecule has 1 heterocycles. The minimum atomic E-state index is 0.339. The van der Waals surface area contributed by atoms with E-state index in [1.165, 1.54) is 12.8 Å². The average Bonchev–Trinajstić information content (AvgIpc) is 2.66. The molecule has 1 aromatic rings. The third-order valence-electron chi connectivity index (χ3n) is 3.11. The molecule has 0 spiro atoms. The summed E-state index contributed by atoms with van der Waals surface area (Å²) < 4.78 is 2.07. The van der Waals surface area contributed by atoms with Gasteiger partial charge in [0, 0.05) is 19.4 Å². The van der Waals surface area contributed by atoms with Gasteiger partial charge in [0.2, 0.25) is 0 Å². The fourth-order valence-electron chi connectivity index (χ4n) is 1.81. The summed E-state index contributed by atoms with van der Waals surface area (Å²) >= 11 is 0. The van der Waals surface area contributed by atoms with Crippen molar-refractivity contribution in [3.63, 3.8) is 0 Å². The third kappa shape index (κ3) is 3.34. The van der Waals surface area contributed by atoms with Crippen molar-refractivity contribution in [2.24, 2.45) is 13.0 Å². The number of hydrogen-bond acceptors (Lipinski definition) is 2. The van der Waals surface area contributed by atoms with E-state index in [-0.39, 0.29) is 0 Å². The second kappa shape index (κ2) is 5.91. The van der Waals surface area contributed by atoms with Crippen LogP contribution in [0.4, 0.5) is 0 Å². The van der Waals surface area contributed by atoms with Crippen LogP contribution in [0.3, 0.4) is 0 Å². The molecular formula is C12H23N3. The lowest BCUT2D eigenvalue weighted by molar-refractivity contribution is 0.412. The maximum absolute atomic E-state index is 4.35. The van der Waals surface area contributed by atoms with Gasteiger partial charge in [0.05, 0.1) is 6.04 Å². The molecule has 1 unspecified atom stereocenters. The molecule has 0 aliphatic heterocycles. The van der Waals surface area contributed by atoms with Crippen LogP contribution in [-0.2, 0) is 7.05 Å². The molecule has 0 amide bonds. The molecule has 1 N–H and O–H groups in total. The maximum Gasteiger partial charge on any atom is 0.125 e. The molecule has 0 bridgehead atoms. The fraction of sp³-hybridized carbons (Fsp3) is 0.750. The molecule has 0 aliphatic carbocycles. The van der Waals surface area contributed by atoms with Crippen molar-refractivity contribution in [2.75, 3.05) is 6.54 Å². The highest BCUT2D eigenvalue weighted by molar-refractivity contribution is 4.96. The van der Waals surface area contributed by atoms with Crippen molar-refractivity contribution in [2.45, 2.75) is 39.7 Å². The van der Waals surface area contributed by atoms with Gasteiger partial charge in [0.15, 0.2) is 0 Å². The third-order valence-corrected chi connectivity index (χ3v) is 3.11. The van der Waals surface area contributed by atoms with E-state index >= 15 is 0 Å². The van der Waals surface area contributed by atoms with E-state index in [2.05, 4.69) is 35.6 Å². The molecule has 0 fully saturated rings. The summed E-state index contributed by atoms with van der Waals surface area (Å²) in [5.74, 6) is 1.90. The van der Waals surface area contributed by atoms with Crippen LogP contribution in [0.5, 0.6) is 0 Å². The highest BCUT2D eigenvalue weighted by atomic mass is 15.1. The Balaban J connectivity index is 2.42. The van der Waals surface area contributed by atoms with E-state index in [4.69, 9.17) is 0 Å². The predicted octanol–water partition coefficient (Wildman–Crippen LogP) is 2.51. The minimum absolute atomic E-state index is 0.339. The van der Waals surface area contributed by atoms with Gasteiger partial charge in [-0.15, -0.1) is 0 Å². The Hall–Kier alpha value is -0.830. The first kappa shape index (κ1) is 12.2. The Morgan fingerprint density at radius 1 is 1.40 bits per heavy atom. The summed E-state index contributed by atoms with van der Waals surface area (Å²) in [6.45, 7) is 7.76. The van der Waals surface area contributed by atoms with Crippen molar-refractivity contribution in [3.05, 3.63) is 18.2 Å². The van der Waals surface area contributed by atoms with Crippen LogP contribution in [0, 0.1) is 5.92 Å². The van der Waals surface area contributed by atoms with E-state index in [1.54, 1.807) is 0 Å². The average molecular weight is 209 g/mol. The maximum atomic E-state index is 4.35. The number of hydrogen-bond donors (Lipinski definition) is 1. The molecule has 86 valence electrons. The normalized spacial score (nSPS) is 13.4. The van der Waals surface area contributed by atoms with Crippen LogP contribution < -0.4 is 5.32 Å². The van der Waals surface area contributed by atoms with Crippen molar-refractivity contribution < 1.29 is 0 Å². The number of aryl methyl sites for hydroxylation is 1. The molecule has 1 atom stereocenters. The van der Waals surface area contributed by atoms with Gasteiger partial charge in [-0.25, -0.2) is 4.98 Å². The highest BCUT2D eigenvalue weighted by Crippen LogP contribution is 2.11. The smallest absolute Gasteiger partial charge is 0.125 e. The lowest BCUT2D eigenvalue weighted by atomic mass is 10.0. The van der Waals surface area contributed by atoms with Crippen LogP contribution in [0.2, 0.25) is 0 Å². The molecule has 3 heteroatoms. The van der Waals surface area contributed by atoms with Gasteiger partial charge >= 0.3 is 0 Å². The Labute approximate surface area is 92.9 Å². The summed E-state index contributed by atoms with van der Waals surface area (Å²) in [7, 11) is 2.04. The van der Waals surface area contributed by atoms with E-state index in [0.717, 1.165) is 18.3 Å². The Morgan fingerprint density at radius 3 is 2.53 bits per heavy atom. The van der Waals surface area contributed by atoms with Gasteiger partial charge in [-0.05, 0) is 19.4 Å². The van der Waals surface area contributed by atoms with Gasteiger partial charge in [-0.2, -0.15) is 0 Å². The molecule has 0 aliphatic rings. The Bertz CT molecular complexity index is 276. The minimum Gasteiger partial charge on any atom is -0.337 e. The second-order valence-corrected chi connectivity index (χ2v) is 4.21. The summed E-state index contributed by atoms with van der Waals surface area (Å²) in [6, 6.07) is 0.339. The first-order valence-corrected chi connectivity index (χ1v) is 5.89. The highest BCUT2D eigenvalue weighted by Gasteiger charge is 2.11. The van der Waals surface area contributed by atoms with Gasteiger partial charge in [0.1, 0.15) is 5.82 Å². The number of nitrogens with one attached hydrogen (secondary N) is 1. The lowest BCUT2D eigenvalue weighted by Crippen LogP contribution is -2.27. The van der Waals surface area contributed by atoms with Crippen molar-refractivity contribution in [1.29, 1.82) is 0 Å². The SMILES string of the molecule is CCC(CC)CNC(C)c1nccn1C. The molecule has 1 aromatic heterocycles. The number of nitrogens with zero attached hydrogens (tertiary/aromatic N) is 2. The predicted molar refractivity (Wildman–Crippen MR) is 63.7 cm³/mol. The first-order chi connectivity index (χ1) is 7.19. The van der Waals surface area contributed by atoms with E-state index in [0.29, 0.717) is 6.04 Å². The summed E-state index contributed by atoms with van der Waals surface area (Å²) in [6.07, 6.45) is 6.34. The van der Waals surface area contributed by atoms with Crippen molar-refractivity contribution >= 4 is 0 Å². The summed E-state index contributed by atoms with van der Waals surface area (Å²) in [4.78, 5) is 4.35. The molecule has 3 nitrogen and oxygen atoms in total. The standard InChI is InChI=1S/C12H23N3/c1-5-11(6-2)9-14-10(3)12-13-7-8-15(12)4/h7-8,10-11,14H,5-6,9H2,1-4H3. The van der Waals surface area contributed by atoms with Gasteiger partial charge in [0.25, 0.3) is 0 Å². The van der Waals surface area contributed by atoms with Crippen LogP contribution in [0.15, 0.2) is 12.4 Å². The van der Waals surface area contributed by atoms with Gasteiger partial charge < -0.3 is 9.88 Å². The lowest BCUT2D eigenvalue weighted by Gasteiger charge is -2.18. The quantitative estimate of drug-likeness (QED) is 0.780. The first-order valence-electron chi connectivity index (χ1n) is 5.89. The Morgan fingerprint density at radius 2 is 2.07 bits per heavy atom. The zero-order valence-corrected chi connectivity index (χ0v) is 10.3. The number of imidazole rings is 1. The summed E-state index contributed by atoms with van der Waals surface area (Å²) in [5.41, 5.74) is 0. The second-order valence-electron chi connectivity index (χ2n) is 4.21. The molecule has 0 saturated carbocycles. The van der Waals surface area contributed by atoms with Crippen LogP contribution in [0.25, 0.3) is 0 Å². The zero-order chi connectivity index (χ0) is 11.3.